The zero-order chi connectivity index (χ0) is 15.6. The van der Waals surface area contributed by atoms with E-state index in [0.717, 1.165) is 6.07 Å². The number of rotatable bonds is 2. The van der Waals surface area contributed by atoms with Crippen molar-refractivity contribution in [3.05, 3.63) is 35.6 Å². The van der Waals surface area contributed by atoms with Crippen LogP contribution in [-0.4, -0.2) is 36.1 Å². The standard InChI is InChI=1S/C14H16F4N2O/c15-12-4-2-1-3-11(12)13(21)20-7-9(5-10(19)8-20)6-14(16,17)18/h1-4,9-10H,5-8,19H2. The van der Waals surface area contributed by atoms with Crippen LogP contribution in [0.15, 0.2) is 24.3 Å². The van der Waals surface area contributed by atoms with E-state index < -0.39 is 36.3 Å². The second-order valence-corrected chi connectivity index (χ2v) is 5.37. The van der Waals surface area contributed by atoms with Crippen LogP contribution in [0.1, 0.15) is 23.2 Å². The number of nitrogens with two attached hydrogens (primary N) is 1. The number of halogens is 4. The van der Waals surface area contributed by atoms with E-state index in [1.54, 1.807) is 0 Å². The van der Waals surface area contributed by atoms with Gasteiger partial charge in [-0.1, -0.05) is 12.1 Å². The maximum atomic E-state index is 13.6. The average Bonchev–Trinajstić information content (AvgIpc) is 2.35. The largest absolute Gasteiger partial charge is 0.389 e. The first-order valence-electron chi connectivity index (χ1n) is 6.62. The number of amides is 1. The van der Waals surface area contributed by atoms with Crippen LogP contribution in [0.4, 0.5) is 17.6 Å². The fraction of sp³-hybridized carbons (Fsp3) is 0.500. The molecule has 3 nitrogen and oxygen atoms in total. The molecule has 21 heavy (non-hydrogen) atoms. The number of hydrogen-bond acceptors (Lipinski definition) is 2. The van der Waals surface area contributed by atoms with E-state index in [9.17, 15) is 22.4 Å². The lowest BCUT2D eigenvalue weighted by atomic mass is 9.91. The molecule has 2 N–H and O–H groups in total. The Bertz CT molecular complexity index is 518. The molecule has 1 aromatic rings. The van der Waals surface area contributed by atoms with Gasteiger partial charge in [-0.3, -0.25) is 4.79 Å². The van der Waals surface area contributed by atoms with Gasteiger partial charge in [0.05, 0.1) is 5.56 Å². The fourth-order valence-corrected chi connectivity index (χ4v) is 2.69. The van der Waals surface area contributed by atoms with Crippen molar-refractivity contribution in [3.63, 3.8) is 0 Å². The highest BCUT2D eigenvalue weighted by molar-refractivity contribution is 5.94. The predicted molar refractivity (Wildman–Crippen MR) is 69.1 cm³/mol. The summed E-state index contributed by atoms with van der Waals surface area (Å²) in [5.41, 5.74) is 5.59. The molecule has 0 aliphatic carbocycles. The predicted octanol–water partition coefficient (Wildman–Crippen LogP) is 2.57. The minimum Gasteiger partial charge on any atom is -0.337 e. The van der Waals surface area contributed by atoms with Gasteiger partial charge in [0.15, 0.2) is 0 Å². The molecule has 1 aliphatic rings. The Labute approximate surface area is 119 Å². The van der Waals surface area contributed by atoms with Gasteiger partial charge in [0.2, 0.25) is 0 Å². The van der Waals surface area contributed by atoms with E-state index in [4.69, 9.17) is 5.73 Å². The lowest BCUT2D eigenvalue weighted by Crippen LogP contribution is -2.50. The summed E-state index contributed by atoms with van der Waals surface area (Å²) in [7, 11) is 0. The molecule has 2 atom stereocenters. The van der Waals surface area contributed by atoms with Crippen LogP contribution in [-0.2, 0) is 0 Å². The van der Waals surface area contributed by atoms with Gasteiger partial charge in [-0.15, -0.1) is 0 Å². The maximum absolute atomic E-state index is 13.6. The van der Waals surface area contributed by atoms with Crippen LogP contribution in [0.25, 0.3) is 0 Å². The quantitative estimate of drug-likeness (QED) is 0.854. The molecule has 0 saturated carbocycles. The first kappa shape index (κ1) is 15.8. The summed E-state index contributed by atoms with van der Waals surface area (Å²) in [5, 5.41) is 0. The third kappa shape index (κ3) is 4.17. The van der Waals surface area contributed by atoms with E-state index in [1.165, 1.54) is 23.1 Å². The van der Waals surface area contributed by atoms with Gasteiger partial charge in [-0.25, -0.2) is 4.39 Å². The van der Waals surface area contributed by atoms with Crippen molar-refractivity contribution in [3.8, 4) is 0 Å². The molecule has 116 valence electrons. The highest BCUT2D eigenvalue weighted by Gasteiger charge is 2.37. The molecule has 1 aromatic carbocycles. The monoisotopic (exact) mass is 304 g/mol. The Kier molecular flexibility index (Phi) is 4.51. The molecule has 7 heteroatoms. The summed E-state index contributed by atoms with van der Waals surface area (Å²) >= 11 is 0. The average molecular weight is 304 g/mol. The van der Waals surface area contributed by atoms with Crippen LogP contribution in [0, 0.1) is 11.7 Å². The van der Waals surface area contributed by atoms with Gasteiger partial charge in [0, 0.05) is 25.6 Å². The smallest absolute Gasteiger partial charge is 0.337 e. The van der Waals surface area contributed by atoms with Crippen molar-refractivity contribution in [2.75, 3.05) is 13.1 Å². The highest BCUT2D eigenvalue weighted by Crippen LogP contribution is 2.30. The molecule has 1 fully saturated rings. The third-order valence-corrected chi connectivity index (χ3v) is 3.48. The number of hydrogen-bond donors (Lipinski definition) is 1. The molecule has 1 aliphatic heterocycles. The second kappa shape index (κ2) is 6.01. The Morgan fingerprint density at radius 3 is 2.57 bits per heavy atom. The van der Waals surface area contributed by atoms with E-state index >= 15 is 0 Å². The fourth-order valence-electron chi connectivity index (χ4n) is 2.69. The van der Waals surface area contributed by atoms with Crippen LogP contribution in [0.2, 0.25) is 0 Å². The zero-order valence-electron chi connectivity index (χ0n) is 11.2. The van der Waals surface area contributed by atoms with Crippen molar-refractivity contribution in [2.45, 2.75) is 25.1 Å². The molecule has 0 radical (unpaired) electrons. The van der Waals surface area contributed by atoms with Crippen LogP contribution in [0.3, 0.4) is 0 Å². The van der Waals surface area contributed by atoms with E-state index in [1.807, 2.05) is 0 Å². The Hall–Kier alpha value is -1.63. The first-order valence-corrected chi connectivity index (χ1v) is 6.62. The Morgan fingerprint density at radius 1 is 1.29 bits per heavy atom. The molecule has 0 aromatic heterocycles. The first-order chi connectivity index (χ1) is 9.76. The summed E-state index contributed by atoms with van der Waals surface area (Å²) in [4.78, 5) is 13.4. The number of alkyl halides is 3. The SMILES string of the molecule is NC1CC(CC(F)(F)F)CN(C(=O)c2ccccc2F)C1. The summed E-state index contributed by atoms with van der Waals surface area (Å²) in [5.74, 6) is -2.05. The highest BCUT2D eigenvalue weighted by atomic mass is 19.4. The van der Waals surface area contributed by atoms with E-state index in [-0.39, 0.29) is 25.1 Å². The topological polar surface area (TPSA) is 46.3 Å². The minimum atomic E-state index is -4.30. The van der Waals surface area contributed by atoms with Crippen molar-refractivity contribution in [1.82, 2.24) is 4.90 Å². The molecular formula is C14H16F4N2O. The normalized spacial score (nSPS) is 23.2. The lowest BCUT2D eigenvalue weighted by Gasteiger charge is -2.36. The van der Waals surface area contributed by atoms with Crippen LogP contribution < -0.4 is 5.73 Å². The molecule has 2 rings (SSSR count). The van der Waals surface area contributed by atoms with Gasteiger partial charge in [0.1, 0.15) is 5.82 Å². The molecule has 0 spiro atoms. The summed E-state index contributed by atoms with van der Waals surface area (Å²) in [6, 6.07) is 4.89. The number of carbonyl (C=O) groups is 1. The Morgan fingerprint density at radius 2 is 1.95 bits per heavy atom. The second-order valence-electron chi connectivity index (χ2n) is 5.37. The van der Waals surface area contributed by atoms with Crippen LogP contribution >= 0.6 is 0 Å². The number of nitrogens with zero attached hydrogens (tertiary/aromatic N) is 1. The van der Waals surface area contributed by atoms with Crippen molar-refractivity contribution in [2.24, 2.45) is 11.7 Å². The molecule has 1 heterocycles. The molecule has 1 saturated heterocycles. The molecule has 1 amide bonds. The van der Waals surface area contributed by atoms with E-state index in [2.05, 4.69) is 0 Å². The van der Waals surface area contributed by atoms with Gasteiger partial charge >= 0.3 is 6.18 Å². The number of benzene rings is 1. The zero-order valence-corrected chi connectivity index (χ0v) is 11.2. The third-order valence-electron chi connectivity index (χ3n) is 3.48. The number of piperidine rings is 1. The number of likely N-dealkylation sites (tertiary alicyclic amines) is 1. The molecule has 2 unspecified atom stereocenters. The summed E-state index contributed by atoms with van der Waals surface area (Å²) in [6.07, 6.45) is -5.07. The molecular weight excluding hydrogens is 288 g/mol. The van der Waals surface area contributed by atoms with Gasteiger partial charge in [0.25, 0.3) is 5.91 Å². The van der Waals surface area contributed by atoms with Gasteiger partial charge < -0.3 is 10.6 Å². The van der Waals surface area contributed by atoms with Crippen molar-refractivity contribution in [1.29, 1.82) is 0 Å². The van der Waals surface area contributed by atoms with Crippen molar-refractivity contribution < 1.29 is 22.4 Å². The number of carbonyl (C=O) groups excluding carboxylic acids is 1. The maximum Gasteiger partial charge on any atom is 0.389 e. The summed E-state index contributed by atoms with van der Waals surface area (Å²) < 4.78 is 51.0. The molecule has 0 bridgehead atoms. The lowest BCUT2D eigenvalue weighted by molar-refractivity contribution is -0.147. The van der Waals surface area contributed by atoms with Crippen LogP contribution in [0.5, 0.6) is 0 Å². The van der Waals surface area contributed by atoms with Gasteiger partial charge in [-0.05, 0) is 24.5 Å². The Balaban J connectivity index is 2.12. The minimum absolute atomic E-state index is 0.0552. The van der Waals surface area contributed by atoms with Gasteiger partial charge in [-0.2, -0.15) is 13.2 Å². The summed E-state index contributed by atoms with van der Waals surface area (Å²) in [6.45, 7) is 0.0852. The van der Waals surface area contributed by atoms with E-state index in [0.29, 0.717) is 0 Å². The van der Waals surface area contributed by atoms with Crippen molar-refractivity contribution >= 4 is 5.91 Å².